The Hall–Kier alpha value is -2.44. The Kier molecular flexibility index (Phi) is 4.61. The zero-order valence-electron chi connectivity index (χ0n) is 14.0. The fourth-order valence-electron chi connectivity index (χ4n) is 3.19. The molecule has 2 aromatic carbocycles. The Morgan fingerprint density at radius 3 is 2.85 bits per heavy atom. The van der Waals surface area contributed by atoms with E-state index in [1.165, 1.54) is 5.39 Å². The predicted molar refractivity (Wildman–Crippen MR) is 115 cm³/mol. The third-order valence-corrected chi connectivity index (χ3v) is 5.42. The number of rotatable bonds is 5. The van der Waals surface area contributed by atoms with Gasteiger partial charge in [-0.1, -0.05) is 48.6 Å². The summed E-state index contributed by atoms with van der Waals surface area (Å²) in [5, 5.41) is 5.62. The summed E-state index contributed by atoms with van der Waals surface area (Å²) in [6.45, 7) is 0. The van der Waals surface area contributed by atoms with Crippen molar-refractivity contribution in [2.45, 2.75) is 17.2 Å². The number of aromatic nitrogens is 2. The number of fused-ring (bicyclic) bond motifs is 1. The minimum absolute atomic E-state index is 0.0998. The van der Waals surface area contributed by atoms with Crippen molar-refractivity contribution in [1.82, 2.24) is 9.97 Å². The lowest BCUT2D eigenvalue weighted by atomic mass is 9.93. The highest BCUT2D eigenvalue weighted by molar-refractivity contribution is 7.81. The molecule has 2 atom stereocenters. The molecule has 2 unspecified atom stereocenters. The molecule has 26 heavy (non-hydrogen) atoms. The number of nitrogens with one attached hydrogen (secondary N) is 2. The van der Waals surface area contributed by atoms with Crippen LogP contribution in [0.25, 0.3) is 10.8 Å². The zero-order valence-corrected chi connectivity index (χ0v) is 15.7. The van der Waals surface area contributed by atoms with Crippen molar-refractivity contribution in [3.63, 3.8) is 0 Å². The summed E-state index contributed by atoms with van der Waals surface area (Å²) in [5.41, 5.74) is 0.363. The number of allylic oxidation sites excluding steroid dienone is 1. The average Bonchev–Trinajstić information content (AvgIpc) is 3.35. The molecule has 0 saturated carbocycles. The predicted octanol–water partition coefficient (Wildman–Crippen LogP) is 4.74. The Labute approximate surface area is 162 Å². The number of imidazole rings is 1. The molecule has 4 nitrogen and oxygen atoms in total. The molecule has 1 aliphatic rings. The molecule has 0 amide bonds. The maximum Gasteiger partial charge on any atom is 0.131 e. The van der Waals surface area contributed by atoms with E-state index in [1.807, 2.05) is 36.4 Å². The first-order chi connectivity index (χ1) is 12.7. The first kappa shape index (κ1) is 17.0. The van der Waals surface area contributed by atoms with E-state index in [4.69, 9.17) is 24.8 Å². The van der Waals surface area contributed by atoms with Crippen LogP contribution in [0.2, 0.25) is 0 Å². The fourth-order valence-corrected chi connectivity index (χ4v) is 3.92. The maximum atomic E-state index is 5.78. The van der Waals surface area contributed by atoms with Crippen LogP contribution in [0.5, 0.6) is 0 Å². The fraction of sp³-hybridized carbons (Fsp3) is 0.150. The van der Waals surface area contributed by atoms with Crippen LogP contribution in [0.15, 0.2) is 72.0 Å². The van der Waals surface area contributed by atoms with Crippen LogP contribution in [0.4, 0.5) is 5.69 Å². The van der Waals surface area contributed by atoms with E-state index in [1.54, 1.807) is 18.6 Å². The van der Waals surface area contributed by atoms with Gasteiger partial charge in [0.05, 0.1) is 5.25 Å². The molecule has 0 saturated heterocycles. The highest BCUT2D eigenvalue weighted by Gasteiger charge is 2.36. The summed E-state index contributed by atoms with van der Waals surface area (Å²) < 4.78 is 0. The molecule has 0 aliphatic carbocycles. The van der Waals surface area contributed by atoms with Gasteiger partial charge in [0, 0.05) is 36.1 Å². The molecule has 0 fully saturated rings. The van der Waals surface area contributed by atoms with Crippen LogP contribution in [0, 0.1) is 0 Å². The van der Waals surface area contributed by atoms with Gasteiger partial charge in [-0.2, -0.15) is 12.6 Å². The number of thiol groups is 1. The van der Waals surface area contributed by atoms with Crippen LogP contribution in [0.3, 0.4) is 0 Å². The second kappa shape index (κ2) is 7.05. The second-order valence-electron chi connectivity index (χ2n) is 6.24. The van der Waals surface area contributed by atoms with Gasteiger partial charge in [0.2, 0.25) is 0 Å². The Balaban J connectivity index is 1.62. The van der Waals surface area contributed by atoms with Crippen LogP contribution in [0.1, 0.15) is 17.5 Å². The monoisotopic (exact) mass is 378 g/mol. The van der Waals surface area contributed by atoms with Gasteiger partial charge < -0.3 is 10.3 Å². The number of benzene rings is 2. The SMILES string of the molecule is S=C(Nc1cccc2ccccc12)C1(CC(S)c2ncc[nH]2)C=CC=N1. The molecule has 4 rings (SSSR count). The smallest absolute Gasteiger partial charge is 0.131 e. The average molecular weight is 379 g/mol. The van der Waals surface area contributed by atoms with Gasteiger partial charge >= 0.3 is 0 Å². The highest BCUT2D eigenvalue weighted by atomic mass is 32.1. The van der Waals surface area contributed by atoms with Crippen molar-refractivity contribution in [3.8, 4) is 0 Å². The third kappa shape index (κ3) is 3.18. The summed E-state index contributed by atoms with van der Waals surface area (Å²) in [6, 6.07) is 14.4. The standard InChI is InChI=1S/C20H18N4S2/c25-17(18-21-11-12-22-18)13-20(9-4-10-23-20)19(26)24-16-8-3-6-14-5-1-2-7-15(14)16/h1-12,17,25H,13H2,(H,21,22)(H,24,26). The first-order valence-corrected chi connectivity index (χ1v) is 9.30. The van der Waals surface area contributed by atoms with Crippen LogP contribution in [-0.2, 0) is 0 Å². The normalized spacial score (nSPS) is 19.7. The van der Waals surface area contributed by atoms with Crippen molar-refractivity contribution >= 4 is 52.5 Å². The maximum absolute atomic E-state index is 5.78. The van der Waals surface area contributed by atoms with E-state index in [9.17, 15) is 0 Å². The van der Waals surface area contributed by atoms with E-state index >= 15 is 0 Å². The summed E-state index contributed by atoms with van der Waals surface area (Å²) in [6.07, 6.45) is 9.89. The lowest BCUT2D eigenvalue weighted by Crippen LogP contribution is -2.38. The van der Waals surface area contributed by atoms with Crippen molar-refractivity contribution in [2.75, 3.05) is 5.32 Å². The molecule has 2 heterocycles. The lowest BCUT2D eigenvalue weighted by Gasteiger charge is -2.28. The van der Waals surface area contributed by atoms with Gasteiger partial charge in [0.1, 0.15) is 16.4 Å². The second-order valence-corrected chi connectivity index (χ2v) is 7.27. The van der Waals surface area contributed by atoms with Crippen LogP contribution >= 0.6 is 24.8 Å². The van der Waals surface area contributed by atoms with Gasteiger partial charge in [-0.15, -0.1) is 0 Å². The minimum atomic E-state index is -0.620. The number of thiocarbonyl (C=S) groups is 1. The number of hydrogen-bond donors (Lipinski definition) is 3. The minimum Gasteiger partial charge on any atom is -0.348 e. The summed E-state index contributed by atoms with van der Waals surface area (Å²) in [5.74, 6) is 0.816. The van der Waals surface area contributed by atoms with Crippen molar-refractivity contribution in [1.29, 1.82) is 0 Å². The molecular weight excluding hydrogens is 360 g/mol. The summed E-state index contributed by atoms with van der Waals surface area (Å²) in [7, 11) is 0. The van der Waals surface area contributed by atoms with Crippen molar-refractivity contribution in [2.24, 2.45) is 4.99 Å². The highest BCUT2D eigenvalue weighted by Crippen LogP contribution is 2.35. The molecular formula is C20H18N4S2. The number of nitrogens with zero attached hydrogens (tertiary/aromatic N) is 2. The first-order valence-electron chi connectivity index (χ1n) is 8.38. The van der Waals surface area contributed by atoms with Gasteiger partial charge in [-0.3, -0.25) is 4.99 Å². The molecule has 130 valence electrons. The number of anilines is 1. The molecule has 1 aromatic heterocycles. The Bertz CT molecular complexity index is 975. The lowest BCUT2D eigenvalue weighted by molar-refractivity contribution is 0.624. The topological polar surface area (TPSA) is 53.1 Å². The molecule has 1 aliphatic heterocycles. The number of aliphatic imine (C=N–C) groups is 1. The molecule has 0 radical (unpaired) electrons. The molecule has 0 spiro atoms. The zero-order chi connectivity index (χ0) is 18.0. The summed E-state index contributed by atoms with van der Waals surface area (Å²) in [4.78, 5) is 12.7. The molecule has 2 N–H and O–H groups in total. The van der Waals surface area contributed by atoms with E-state index < -0.39 is 5.54 Å². The largest absolute Gasteiger partial charge is 0.348 e. The Morgan fingerprint density at radius 2 is 2.08 bits per heavy atom. The van der Waals surface area contributed by atoms with E-state index in [0.29, 0.717) is 11.4 Å². The van der Waals surface area contributed by atoms with Gasteiger partial charge in [-0.25, -0.2) is 4.98 Å². The molecule has 0 bridgehead atoms. The molecule has 6 heteroatoms. The summed E-state index contributed by atoms with van der Waals surface area (Å²) >= 11 is 10.5. The number of H-pyrrole nitrogens is 1. The quantitative estimate of drug-likeness (QED) is 0.444. The Morgan fingerprint density at radius 1 is 1.23 bits per heavy atom. The number of aromatic amines is 1. The van der Waals surface area contributed by atoms with Crippen LogP contribution < -0.4 is 5.32 Å². The van der Waals surface area contributed by atoms with Gasteiger partial charge in [-0.05, 0) is 23.6 Å². The molecule has 3 aromatic rings. The van der Waals surface area contributed by atoms with E-state index in [2.05, 4.69) is 38.5 Å². The van der Waals surface area contributed by atoms with Gasteiger partial charge in [0.15, 0.2) is 0 Å². The van der Waals surface area contributed by atoms with Crippen LogP contribution in [-0.4, -0.2) is 26.7 Å². The van der Waals surface area contributed by atoms with E-state index in [-0.39, 0.29) is 5.25 Å². The van der Waals surface area contributed by atoms with E-state index in [0.717, 1.165) is 16.9 Å². The van der Waals surface area contributed by atoms with Crippen molar-refractivity contribution < 1.29 is 0 Å². The third-order valence-electron chi connectivity index (χ3n) is 4.53. The van der Waals surface area contributed by atoms with Gasteiger partial charge in [0.25, 0.3) is 0 Å². The van der Waals surface area contributed by atoms with Crippen molar-refractivity contribution in [3.05, 3.63) is 72.8 Å². The number of hydrogen-bond acceptors (Lipinski definition) is 4.